The molecule has 42 heavy (non-hydrogen) atoms. The van der Waals surface area contributed by atoms with Gasteiger partial charge in [-0.3, -0.25) is 4.79 Å². The fourth-order valence-corrected chi connectivity index (χ4v) is 3.42. The zero-order valence-corrected chi connectivity index (χ0v) is 22.6. The number of anilines is 1. The molecule has 8 nitrogen and oxygen atoms in total. The number of rotatable bonds is 9. The topological polar surface area (TPSA) is 96.0 Å². The predicted molar refractivity (Wildman–Crippen MR) is 142 cm³/mol. The van der Waals surface area contributed by atoms with E-state index < -0.39 is 75.7 Å². The molecule has 0 aliphatic carbocycles. The zero-order chi connectivity index (χ0) is 31.6. The first-order chi connectivity index (χ1) is 19.4. The summed E-state index contributed by atoms with van der Waals surface area (Å²) >= 11 is 0. The molecule has 18 heteroatoms. The highest BCUT2D eigenvalue weighted by Crippen LogP contribution is 2.42. The van der Waals surface area contributed by atoms with Crippen molar-refractivity contribution in [1.29, 1.82) is 0 Å². The van der Waals surface area contributed by atoms with Crippen molar-refractivity contribution in [2.45, 2.75) is 25.0 Å². The number of alkyl halides is 5. The Bertz CT molecular complexity index is 1520. The standard InChI is InChI=1S/C24H20B3F7N2O6/c1-9-8-35-12(22(38)39-2)7-11(9)36-21(37)16-13(4-3-10(17(16)28)20(30)31)40-15-6-5-14(41-24(32,33)34)18(29)19(15)42-23(25,26)27/h3-8,20H,25-27H2,1-2H3,(H,35,36,37). The van der Waals surface area contributed by atoms with E-state index in [1.807, 2.05) is 0 Å². The van der Waals surface area contributed by atoms with Crippen LogP contribution in [0.1, 0.15) is 38.4 Å². The smallest absolute Gasteiger partial charge is 0.508 e. The van der Waals surface area contributed by atoms with Gasteiger partial charge in [-0.05, 0) is 42.8 Å². The highest BCUT2D eigenvalue weighted by molar-refractivity contribution is 6.58. The second-order valence-corrected chi connectivity index (χ2v) is 9.54. The quantitative estimate of drug-likeness (QED) is 0.230. The van der Waals surface area contributed by atoms with Gasteiger partial charge in [0.15, 0.2) is 17.2 Å². The summed E-state index contributed by atoms with van der Waals surface area (Å²) < 4.78 is 115. The number of methoxy groups -OCH3 is 1. The molecule has 1 heterocycles. The highest BCUT2D eigenvalue weighted by Gasteiger charge is 2.35. The summed E-state index contributed by atoms with van der Waals surface area (Å²) in [6.07, 6.45) is -7.44. The van der Waals surface area contributed by atoms with Crippen LogP contribution in [0.25, 0.3) is 0 Å². The van der Waals surface area contributed by atoms with Crippen LogP contribution in [0.2, 0.25) is 0 Å². The maximum absolute atomic E-state index is 15.3. The van der Waals surface area contributed by atoms with E-state index in [1.165, 1.54) is 36.7 Å². The maximum atomic E-state index is 15.3. The first-order valence-corrected chi connectivity index (χ1v) is 11.8. The Balaban J connectivity index is 2.14. The second kappa shape index (κ2) is 12.2. The maximum Gasteiger partial charge on any atom is 0.573 e. The lowest BCUT2D eigenvalue weighted by molar-refractivity contribution is -0.275. The van der Waals surface area contributed by atoms with Gasteiger partial charge in [0.1, 0.15) is 46.4 Å². The molecule has 0 unspecified atom stereocenters. The number of hydrogen-bond donors (Lipinski definition) is 1. The molecule has 0 spiro atoms. The Morgan fingerprint density at radius 1 is 0.952 bits per heavy atom. The van der Waals surface area contributed by atoms with Crippen molar-refractivity contribution in [3.63, 3.8) is 0 Å². The summed E-state index contributed by atoms with van der Waals surface area (Å²) in [5.74, 6) is -9.07. The number of benzene rings is 2. The van der Waals surface area contributed by atoms with Crippen LogP contribution in [0.5, 0.6) is 23.0 Å². The second-order valence-electron chi connectivity index (χ2n) is 9.54. The molecule has 1 N–H and O–H groups in total. The first-order valence-electron chi connectivity index (χ1n) is 11.8. The van der Waals surface area contributed by atoms with Crippen LogP contribution in [0.3, 0.4) is 0 Å². The minimum atomic E-state index is -5.26. The summed E-state index contributed by atoms with van der Waals surface area (Å²) in [7, 11) is 5.38. The van der Waals surface area contributed by atoms with Crippen LogP contribution in [0.4, 0.5) is 36.4 Å². The minimum Gasteiger partial charge on any atom is -0.508 e. The average Bonchev–Trinajstić information content (AvgIpc) is 2.87. The number of nitrogens with zero attached hydrogens (tertiary/aromatic N) is 1. The number of aryl methyl sites for hydroxylation is 1. The molecule has 1 aromatic heterocycles. The largest absolute Gasteiger partial charge is 0.573 e. The number of carbonyl (C=O) groups is 2. The van der Waals surface area contributed by atoms with Gasteiger partial charge in [0, 0.05) is 17.2 Å². The van der Waals surface area contributed by atoms with Gasteiger partial charge < -0.3 is 24.3 Å². The molecule has 2 aromatic carbocycles. The van der Waals surface area contributed by atoms with Crippen LogP contribution in [-0.4, -0.2) is 59.2 Å². The molecule has 0 bridgehead atoms. The predicted octanol–water partition coefficient (Wildman–Crippen LogP) is 3.23. The Kier molecular flexibility index (Phi) is 9.37. The third kappa shape index (κ3) is 7.67. The molecular formula is C24H20B3F7N2O6. The molecular weight excluding hydrogens is 578 g/mol. The lowest BCUT2D eigenvalue weighted by Crippen LogP contribution is -2.38. The molecule has 3 aromatic rings. The van der Waals surface area contributed by atoms with Crippen molar-refractivity contribution in [2.24, 2.45) is 0 Å². The summed E-state index contributed by atoms with van der Waals surface area (Å²) in [5.41, 5.74) is -2.27. The van der Waals surface area contributed by atoms with E-state index in [4.69, 9.17) is 9.47 Å². The molecule has 0 fully saturated rings. The molecule has 3 rings (SSSR count). The molecule has 0 aliphatic heterocycles. The van der Waals surface area contributed by atoms with Gasteiger partial charge in [-0.1, -0.05) is 0 Å². The summed E-state index contributed by atoms with van der Waals surface area (Å²) in [5, 5.41) is 1.06. The monoisotopic (exact) mass is 598 g/mol. The Morgan fingerprint density at radius 2 is 1.57 bits per heavy atom. The molecule has 0 aliphatic rings. The summed E-state index contributed by atoms with van der Waals surface area (Å²) in [6, 6.07) is 3.84. The highest BCUT2D eigenvalue weighted by atomic mass is 19.4. The summed E-state index contributed by atoms with van der Waals surface area (Å²) in [6.45, 7) is 1.47. The van der Waals surface area contributed by atoms with Crippen LogP contribution in [0.15, 0.2) is 36.5 Å². The number of esters is 1. The van der Waals surface area contributed by atoms with E-state index in [0.29, 0.717) is 12.1 Å². The van der Waals surface area contributed by atoms with Crippen molar-refractivity contribution >= 4 is 41.1 Å². The first kappa shape index (κ1) is 32.2. The van der Waals surface area contributed by atoms with Gasteiger partial charge in [0.05, 0.1) is 12.7 Å². The Morgan fingerprint density at radius 3 is 2.14 bits per heavy atom. The lowest BCUT2D eigenvalue weighted by Gasteiger charge is -2.25. The van der Waals surface area contributed by atoms with Gasteiger partial charge in [-0.2, -0.15) is 4.39 Å². The number of amides is 1. The normalized spacial score (nSPS) is 11.7. The van der Waals surface area contributed by atoms with Crippen LogP contribution >= 0.6 is 0 Å². The number of aromatic nitrogens is 1. The molecule has 0 atom stereocenters. The number of carbonyl (C=O) groups excluding carboxylic acids is 2. The molecule has 1 amide bonds. The minimum absolute atomic E-state index is 0.0698. The lowest BCUT2D eigenvalue weighted by atomic mass is 9.52. The number of ether oxygens (including phenoxy) is 4. The number of halogens is 7. The SMILES string of the molecule is BC(B)(B)Oc1c(Oc2ccc(C(F)F)c(F)c2C(=O)Nc2cc(C(=O)OC)ncc2C)ccc(OC(F)(F)F)c1F. The van der Waals surface area contributed by atoms with Crippen molar-refractivity contribution in [1.82, 2.24) is 4.98 Å². The fourth-order valence-electron chi connectivity index (χ4n) is 3.42. The molecule has 220 valence electrons. The molecule has 0 saturated carbocycles. The number of hydrogen-bond acceptors (Lipinski definition) is 7. The number of nitrogens with one attached hydrogen (secondary N) is 1. The van der Waals surface area contributed by atoms with Crippen LogP contribution in [0, 0.1) is 18.6 Å². The van der Waals surface area contributed by atoms with E-state index in [2.05, 4.69) is 19.8 Å². The van der Waals surface area contributed by atoms with Gasteiger partial charge in [-0.15, -0.1) is 13.2 Å². The Hall–Kier alpha value is -4.37. The average molecular weight is 598 g/mol. The van der Waals surface area contributed by atoms with Crippen LogP contribution in [-0.2, 0) is 4.74 Å². The van der Waals surface area contributed by atoms with E-state index in [9.17, 15) is 31.5 Å². The zero-order valence-electron chi connectivity index (χ0n) is 22.6. The van der Waals surface area contributed by atoms with E-state index >= 15 is 8.78 Å². The van der Waals surface area contributed by atoms with Crippen molar-refractivity contribution in [3.8, 4) is 23.0 Å². The number of pyridine rings is 1. The molecule has 0 saturated heterocycles. The van der Waals surface area contributed by atoms with Crippen molar-refractivity contribution in [3.05, 3.63) is 70.5 Å². The fraction of sp³-hybridized carbons (Fsp3) is 0.208. The van der Waals surface area contributed by atoms with Gasteiger partial charge in [0.25, 0.3) is 12.3 Å². The third-order valence-electron chi connectivity index (χ3n) is 5.22. The van der Waals surface area contributed by atoms with E-state index in [0.717, 1.165) is 25.3 Å². The van der Waals surface area contributed by atoms with E-state index in [1.54, 1.807) is 0 Å². The van der Waals surface area contributed by atoms with Crippen molar-refractivity contribution in [2.75, 3.05) is 12.4 Å². The van der Waals surface area contributed by atoms with Gasteiger partial charge in [-0.25, -0.2) is 22.9 Å². The third-order valence-corrected chi connectivity index (χ3v) is 5.22. The van der Waals surface area contributed by atoms with Crippen molar-refractivity contribution < 1.29 is 59.3 Å². The molecule has 0 radical (unpaired) electrons. The summed E-state index contributed by atoms with van der Waals surface area (Å²) in [4.78, 5) is 28.9. The van der Waals surface area contributed by atoms with E-state index in [-0.39, 0.29) is 16.9 Å². The van der Waals surface area contributed by atoms with Gasteiger partial charge in [0.2, 0.25) is 5.82 Å². The van der Waals surface area contributed by atoms with Crippen LogP contribution < -0.4 is 19.5 Å². The van der Waals surface area contributed by atoms with Gasteiger partial charge >= 0.3 is 12.3 Å². The Labute approximate surface area is 236 Å².